The number of fused-ring (bicyclic) bond motifs is 1. The largest absolute Gasteiger partial charge is 0.507 e. The lowest BCUT2D eigenvalue weighted by atomic mass is 10.0. The quantitative estimate of drug-likeness (QED) is 0.502. The molecule has 0 heterocycles. The summed E-state index contributed by atoms with van der Waals surface area (Å²) in [5.41, 5.74) is 3.14. The molecule has 1 amide bonds. The summed E-state index contributed by atoms with van der Waals surface area (Å²) in [6.45, 7) is 0. The predicted molar refractivity (Wildman–Crippen MR) is 93.8 cm³/mol. The molecule has 6 heteroatoms. The van der Waals surface area contributed by atoms with Gasteiger partial charge in [0.05, 0.1) is 11.2 Å². The van der Waals surface area contributed by atoms with Gasteiger partial charge in [0, 0.05) is 11.1 Å². The number of nitrogens with zero attached hydrogens (tertiary/aromatic N) is 1. The molecule has 0 radical (unpaired) electrons. The molecule has 0 spiro atoms. The van der Waals surface area contributed by atoms with E-state index in [-0.39, 0.29) is 22.1 Å². The van der Waals surface area contributed by atoms with Crippen molar-refractivity contribution in [3.05, 3.63) is 70.7 Å². The van der Waals surface area contributed by atoms with Gasteiger partial charge in [-0.2, -0.15) is 5.10 Å². The van der Waals surface area contributed by atoms with Gasteiger partial charge < -0.3 is 10.2 Å². The zero-order chi connectivity index (χ0) is 17.1. The molecule has 120 valence electrons. The molecule has 3 N–H and O–H groups in total. The number of hydrogen-bond acceptors (Lipinski definition) is 4. The second-order valence-electron chi connectivity index (χ2n) is 5.08. The molecule has 0 unspecified atom stereocenters. The summed E-state index contributed by atoms with van der Waals surface area (Å²) in [5, 5.41) is 25.1. The maximum Gasteiger partial charge on any atom is 0.271 e. The van der Waals surface area contributed by atoms with Crippen LogP contribution in [0.1, 0.15) is 15.9 Å². The van der Waals surface area contributed by atoms with E-state index in [2.05, 4.69) is 10.5 Å². The van der Waals surface area contributed by atoms with Crippen LogP contribution in [-0.2, 0) is 0 Å². The van der Waals surface area contributed by atoms with Gasteiger partial charge in [0.1, 0.15) is 11.5 Å². The molecule has 0 aromatic heterocycles. The van der Waals surface area contributed by atoms with E-state index in [1.807, 2.05) is 24.3 Å². The monoisotopic (exact) mass is 340 g/mol. The van der Waals surface area contributed by atoms with Crippen LogP contribution in [0.4, 0.5) is 0 Å². The van der Waals surface area contributed by atoms with Crippen molar-refractivity contribution in [2.75, 3.05) is 0 Å². The highest BCUT2D eigenvalue weighted by Crippen LogP contribution is 2.25. The number of benzene rings is 3. The Morgan fingerprint density at radius 1 is 1.04 bits per heavy atom. The van der Waals surface area contributed by atoms with Crippen molar-refractivity contribution in [2.24, 2.45) is 5.10 Å². The van der Waals surface area contributed by atoms with Crippen LogP contribution in [0.5, 0.6) is 11.5 Å². The SMILES string of the molecule is O=C(NN=Cc1c(O)ccc2ccccc12)c1ccc(O)c(Cl)c1. The number of hydrogen-bond donors (Lipinski definition) is 3. The van der Waals surface area contributed by atoms with Crippen molar-refractivity contribution >= 4 is 34.5 Å². The molecule has 24 heavy (non-hydrogen) atoms. The summed E-state index contributed by atoms with van der Waals surface area (Å²) >= 11 is 5.77. The fraction of sp³-hybridized carbons (Fsp3) is 0. The normalized spacial score (nSPS) is 11.0. The van der Waals surface area contributed by atoms with Crippen LogP contribution in [0, 0.1) is 0 Å². The molecule has 0 aliphatic heterocycles. The predicted octanol–water partition coefficient (Wildman–Crippen LogP) is 3.67. The van der Waals surface area contributed by atoms with Crippen molar-refractivity contribution in [2.45, 2.75) is 0 Å². The molecular formula is C18H13ClN2O3. The Balaban J connectivity index is 1.83. The summed E-state index contributed by atoms with van der Waals surface area (Å²) in [7, 11) is 0. The smallest absolute Gasteiger partial charge is 0.271 e. The first kappa shape index (κ1) is 15.8. The highest BCUT2D eigenvalue weighted by atomic mass is 35.5. The highest BCUT2D eigenvalue weighted by Gasteiger charge is 2.08. The average molecular weight is 341 g/mol. The lowest BCUT2D eigenvalue weighted by molar-refractivity contribution is 0.0955. The van der Waals surface area contributed by atoms with Crippen LogP contribution in [0.3, 0.4) is 0 Å². The molecular weight excluding hydrogens is 328 g/mol. The molecule has 0 bridgehead atoms. The zero-order valence-electron chi connectivity index (χ0n) is 12.4. The standard InChI is InChI=1S/C18H13ClN2O3/c19-15-9-12(6-8-17(15)23)18(24)21-20-10-14-13-4-2-1-3-11(13)5-7-16(14)22/h1-10,22-23H,(H,21,24). The van der Waals surface area contributed by atoms with Crippen molar-refractivity contribution in [1.82, 2.24) is 5.43 Å². The number of halogens is 1. The van der Waals surface area contributed by atoms with Gasteiger partial charge in [-0.1, -0.05) is 41.9 Å². The molecule has 0 aliphatic carbocycles. The lowest BCUT2D eigenvalue weighted by Gasteiger charge is -2.05. The van der Waals surface area contributed by atoms with Crippen LogP contribution in [0.2, 0.25) is 5.02 Å². The molecule has 3 rings (SSSR count). The third-order valence-corrected chi connectivity index (χ3v) is 3.82. The number of nitrogens with one attached hydrogen (secondary N) is 1. The molecule has 5 nitrogen and oxygen atoms in total. The van der Waals surface area contributed by atoms with Gasteiger partial charge in [-0.3, -0.25) is 4.79 Å². The lowest BCUT2D eigenvalue weighted by Crippen LogP contribution is -2.17. The van der Waals surface area contributed by atoms with Crippen molar-refractivity contribution < 1.29 is 15.0 Å². The fourth-order valence-corrected chi connectivity index (χ4v) is 2.47. The maximum atomic E-state index is 12.0. The fourth-order valence-electron chi connectivity index (χ4n) is 2.29. The molecule has 3 aromatic rings. The number of aromatic hydroxyl groups is 2. The Labute approximate surface area is 142 Å². The minimum Gasteiger partial charge on any atom is -0.507 e. The zero-order valence-corrected chi connectivity index (χ0v) is 13.2. The number of amides is 1. The Bertz CT molecular complexity index is 954. The van der Waals surface area contributed by atoms with Gasteiger partial charge >= 0.3 is 0 Å². The number of carbonyl (C=O) groups excluding carboxylic acids is 1. The van der Waals surface area contributed by atoms with E-state index in [0.29, 0.717) is 5.56 Å². The maximum absolute atomic E-state index is 12.0. The summed E-state index contributed by atoms with van der Waals surface area (Å²) < 4.78 is 0. The van der Waals surface area contributed by atoms with E-state index >= 15 is 0 Å². The van der Waals surface area contributed by atoms with E-state index in [1.165, 1.54) is 24.4 Å². The van der Waals surface area contributed by atoms with Crippen LogP contribution in [0.15, 0.2) is 59.7 Å². The van der Waals surface area contributed by atoms with E-state index in [4.69, 9.17) is 11.6 Å². The minimum absolute atomic E-state index is 0.0689. The minimum atomic E-state index is -0.479. The van der Waals surface area contributed by atoms with Gasteiger partial charge in [-0.05, 0) is 35.0 Å². The second kappa shape index (κ2) is 6.60. The van der Waals surface area contributed by atoms with Gasteiger partial charge in [-0.25, -0.2) is 5.43 Å². The van der Waals surface area contributed by atoms with Crippen molar-refractivity contribution in [3.63, 3.8) is 0 Å². The average Bonchev–Trinajstić information content (AvgIpc) is 2.59. The number of rotatable bonds is 3. The number of carbonyl (C=O) groups is 1. The Kier molecular flexibility index (Phi) is 4.35. The van der Waals surface area contributed by atoms with E-state index in [1.54, 1.807) is 12.1 Å². The van der Waals surface area contributed by atoms with Crippen LogP contribution >= 0.6 is 11.6 Å². The molecule has 0 saturated heterocycles. The molecule has 0 aliphatic rings. The van der Waals surface area contributed by atoms with E-state index < -0.39 is 5.91 Å². The van der Waals surface area contributed by atoms with Crippen LogP contribution < -0.4 is 5.43 Å². The topological polar surface area (TPSA) is 81.9 Å². The molecule has 3 aromatic carbocycles. The van der Waals surface area contributed by atoms with Crippen molar-refractivity contribution in [1.29, 1.82) is 0 Å². The van der Waals surface area contributed by atoms with E-state index in [9.17, 15) is 15.0 Å². The first-order chi connectivity index (χ1) is 11.6. The number of phenolic OH excluding ortho intramolecular Hbond substituents is 2. The summed E-state index contributed by atoms with van der Waals surface area (Å²) in [6.07, 6.45) is 1.39. The number of phenols is 2. The Morgan fingerprint density at radius 3 is 2.58 bits per heavy atom. The van der Waals surface area contributed by atoms with Crippen LogP contribution in [0.25, 0.3) is 10.8 Å². The Hall–Kier alpha value is -3.05. The summed E-state index contributed by atoms with van der Waals surface area (Å²) in [4.78, 5) is 12.0. The van der Waals surface area contributed by atoms with E-state index in [0.717, 1.165) is 10.8 Å². The third kappa shape index (κ3) is 3.16. The van der Waals surface area contributed by atoms with Crippen LogP contribution in [-0.4, -0.2) is 22.3 Å². The van der Waals surface area contributed by atoms with Gasteiger partial charge in [-0.15, -0.1) is 0 Å². The number of hydrazone groups is 1. The second-order valence-corrected chi connectivity index (χ2v) is 5.49. The first-order valence-electron chi connectivity index (χ1n) is 7.09. The molecule has 0 saturated carbocycles. The Morgan fingerprint density at radius 2 is 1.79 bits per heavy atom. The molecule has 0 atom stereocenters. The van der Waals surface area contributed by atoms with Gasteiger partial charge in [0.25, 0.3) is 5.91 Å². The van der Waals surface area contributed by atoms with Gasteiger partial charge in [0.2, 0.25) is 0 Å². The van der Waals surface area contributed by atoms with Crippen molar-refractivity contribution in [3.8, 4) is 11.5 Å². The third-order valence-electron chi connectivity index (χ3n) is 3.52. The molecule has 0 fully saturated rings. The first-order valence-corrected chi connectivity index (χ1v) is 7.46. The summed E-state index contributed by atoms with van der Waals surface area (Å²) in [6, 6.07) is 15.0. The van der Waals surface area contributed by atoms with Gasteiger partial charge in [0.15, 0.2) is 0 Å². The highest BCUT2D eigenvalue weighted by molar-refractivity contribution is 6.32. The summed E-state index contributed by atoms with van der Waals surface area (Å²) in [5.74, 6) is -0.510.